The molecule has 0 saturated carbocycles. The van der Waals surface area contributed by atoms with Gasteiger partial charge in [0.2, 0.25) is 0 Å². The number of anilines is 1. The normalized spacial score (nSPS) is 16.7. The minimum Gasteiger partial charge on any atom is -0.467 e. The number of hydrazone groups is 1. The first kappa shape index (κ1) is 19.4. The third-order valence-electron chi connectivity index (χ3n) is 4.05. The molecule has 0 saturated heterocycles. The standard InChI is InChI=1S/C19H23N5OS2/c1-3-17-12-21-19(27-17)22-15-8-6-14(7-9-15)13(2)23-24-18(26)20-11-16-5-4-10-25-16/h4-10,17H,3,11-12H2,1-2H3,(H,21,22)(H2,20,24,26)/b23-13-/t17-/m0/s1. The molecule has 0 fully saturated rings. The molecule has 27 heavy (non-hydrogen) atoms. The SMILES string of the molecule is CC[C@H]1CN=C(Nc2ccc(/C(C)=N\NC(=S)NCc3ccco3)cc2)S1. The number of hydrogen-bond donors (Lipinski definition) is 3. The lowest BCUT2D eigenvalue weighted by Gasteiger charge is -2.09. The molecule has 1 aromatic heterocycles. The smallest absolute Gasteiger partial charge is 0.187 e. The van der Waals surface area contributed by atoms with E-state index in [0.29, 0.717) is 16.9 Å². The van der Waals surface area contributed by atoms with Gasteiger partial charge in [-0.2, -0.15) is 5.10 Å². The lowest BCUT2D eigenvalue weighted by molar-refractivity contribution is 0.502. The van der Waals surface area contributed by atoms with Crippen LogP contribution in [0.3, 0.4) is 0 Å². The fraction of sp³-hybridized carbons (Fsp3) is 0.316. The molecule has 0 unspecified atom stereocenters. The van der Waals surface area contributed by atoms with Crippen LogP contribution in [0.25, 0.3) is 0 Å². The summed E-state index contributed by atoms with van der Waals surface area (Å²) in [6, 6.07) is 11.8. The van der Waals surface area contributed by atoms with Gasteiger partial charge in [-0.25, -0.2) is 0 Å². The number of hydrogen-bond acceptors (Lipinski definition) is 6. The largest absolute Gasteiger partial charge is 0.467 e. The van der Waals surface area contributed by atoms with Gasteiger partial charge in [0.25, 0.3) is 0 Å². The zero-order valence-corrected chi connectivity index (χ0v) is 17.0. The number of nitrogens with one attached hydrogen (secondary N) is 3. The van der Waals surface area contributed by atoms with E-state index in [1.54, 1.807) is 6.26 Å². The zero-order chi connectivity index (χ0) is 19.1. The number of furan rings is 1. The van der Waals surface area contributed by atoms with Crippen LogP contribution in [0, 0.1) is 0 Å². The summed E-state index contributed by atoms with van der Waals surface area (Å²) in [5.41, 5.74) is 5.75. The fourth-order valence-electron chi connectivity index (χ4n) is 2.44. The van der Waals surface area contributed by atoms with Crippen LogP contribution >= 0.6 is 24.0 Å². The molecule has 0 bridgehead atoms. The van der Waals surface area contributed by atoms with Gasteiger partial charge in [0.15, 0.2) is 10.3 Å². The molecule has 0 aliphatic carbocycles. The number of benzene rings is 1. The van der Waals surface area contributed by atoms with E-state index < -0.39 is 0 Å². The Balaban J connectivity index is 1.48. The van der Waals surface area contributed by atoms with Crippen molar-refractivity contribution in [3.8, 4) is 0 Å². The van der Waals surface area contributed by atoms with Crippen molar-refractivity contribution in [1.82, 2.24) is 10.7 Å². The quantitative estimate of drug-likeness (QED) is 0.386. The van der Waals surface area contributed by atoms with Crippen LogP contribution in [0.1, 0.15) is 31.6 Å². The molecular weight excluding hydrogens is 378 g/mol. The second kappa shape index (κ2) is 9.57. The summed E-state index contributed by atoms with van der Waals surface area (Å²) in [5, 5.41) is 12.8. The highest BCUT2D eigenvalue weighted by Crippen LogP contribution is 2.24. The van der Waals surface area contributed by atoms with E-state index in [9.17, 15) is 0 Å². The Labute approximate surface area is 168 Å². The number of amidine groups is 1. The molecule has 0 radical (unpaired) electrons. The number of aliphatic imine (C=N–C) groups is 1. The molecule has 1 aromatic carbocycles. The minimum absolute atomic E-state index is 0.450. The summed E-state index contributed by atoms with van der Waals surface area (Å²) >= 11 is 7.03. The molecule has 0 spiro atoms. The van der Waals surface area contributed by atoms with Crippen molar-refractivity contribution in [2.75, 3.05) is 11.9 Å². The van der Waals surface area contributed by atoms with Crippen molar-refractivity contribution in [3.05, 3.63) is 54.0 Å². The average molecular weight is 402 g/mol. The lowest BCUT2D eigenvalue weighted by atomic mass is 10.1. The third kappa shape index (κ3) is 5.83. The highest BCUT2D eigenvalue weighted by molar-refractivity contribution is 8.15. The molecule has 1 atom stereocenters. The predicted octanol–water partition coefficient (Wildman–Crippen LogP) is 3.96. The summed E-state index contributed by atoms with van der Waals surface area (Å²) in [4.78, 5) is 4.53. The van der Waals surface area contributed by atoms with Gasteiger partial charge in [-0.05, 0) is 55.4 Å². The van der Waals surface area contributed by atoms with E-state index in [-0.39, 0.29) is 0 Å². The second-order valence-corrected chi connectivity index (χ2v) is 7.76. The highest BCUT2D eigenvalue weighted by Gasteiger charge is 2.17. The number of thiocarbonyl (C=S) groups is 1. The summed E-state index contributed by atoms with van der Waals surface area (Å²) in [6.45, 7) is 5.55. The van der Waals surface area contributed by atoms with Gasteiger partial charge >= 0.3 is 0 Å². The van der Waals surface area contributed by atoms with Gasteiger partial charge < -0.3 is 15.1 Å². The molecule has 6 nitrogen and oxygen atoms in total. The monoisotopic (exact) mass is 401 g/mol. The van der Waals surface area contributed by atoms with E-state index in [4.69, 9.17) is 16.6 Å². The lowest BCUT2D eigenvalue weighted by Crippen LogP contribution is -2.32. The molecule has 2 aromatic rings. The Bertz CT molecular complexity index is 815. The van der Waals surface area contributed by atoms with E-state index in [1.165, 1.54) is 0 Å². The van der Waals surface area contributed by atoms with Crippen LogP contribution in [0.15, 0.2) is 57.2 Å². The first-order chi connectivity index (χ1) is 13.1. The summed E-state index contributed by atoms with van der Waals surface area (Å²) in [6.07, 6.45) is 2.77. The van der Waals surface area contributed by atoms with Crippen molar-refractivity contribution in [3.63, 3.8) is 0 Å². The molecular formula is C19H23N5OS2. The summed E-state index contributed by atoms with van der Waals surface area (Å²) in [7, 11) is 0. The molecule has 1 aliphatic heterocycles. The Hall–Kier alpha value is -2.32. The zero-order valence-electron chi connectivity index (χ0n) is 15.4. The van der Waals surface area contributed by atoms with Crippen molar-refractivity contribution in [2.45, 2.75) is 32.1 Å². The Kier molecular flexibility index (Phi) is 6.89. The Morgan fingerprint density at radius 1 is 1.33 bits per heavy atom. The van der Waals surface area contributed by atoms with Crippen molar-refractivity contribution in [1.29, 1.82) is 0 Å². The molecule has 3 rings (SSSR count). The summed E-state index contributed by atoms with van der Waals surface area (Å²) < 4.78 is 5.25. The number of thioether (sulfide) groups is 1. The van der Waals surface area contributed by atoms with E-state index >= 15 is 0 Å². The first-order valence-corrected chi connectivity index (χ1v) is 10.1. The van der Waals surface area contributed by atoms with E-state index in [0.717, 1.165) is 40.9 Å². The van der Waals surface area contributed by atoms with Gasteiger partial charge in [-0.1, -0.05) is 30.8 Å². The van der Waals surface area contributed by atoms with Gasteiger partial charge in [-0.15, -0.1) is 0 Å². The first-order valence-electron chi connectivity index (χ1n) is 8.83. The van der Waals surface area contributed by atoms with Crippen molar-refractivity contribution >= 4 is 45.7 Å². The van der Waals surface area contributed by atoms with Gasteiger partial charge in [0.1, 0.15) is 5.76 Å². The molecule has 1 aliphatic rings. The van der Waals surface area contributed by atoms with Crippen molar-refractivity contribution < 1.29 is 4.42 Å². The average Bonchev–Trinajstić information content (AvgIpc) is 3.36. The maximum Gasteiger partial charge on any atom is 0.187 e. The molecule has 142 valence electrons. The third-order valence-corrected chi connectivity index (χ3v) is 5.56. The maximum atomic E-state index is 5.25. The van der Waals surface area contributed by atoms with Crippen molar-refractivity contribution in [2.24, 2.45) is 10.1 Å². The Morgan fingerprint density at radius 2 is 2.15 bits per heavy atom. The van der Waals surface area contributed by atoms with Crippen LogP contribution in [-0.2, 0) is 6.54 Å². The van der Waals surface area contributed by atoms with Crippen LogP contribution in [-0.4, -0.2) is 27.8 Å². The topological polar surface area (TPSA) is 74.0 Å². The Morgan fingerprint density at radius 3 is 2.81 bits per heavy atom. The number of rotatable bonds is 6. The van der Waals surface area contributed by atoms with E-state index in [2.05, 4.69) is 33.1 Å². The molecule has 3 N–H and O–H groups in total. The molecule has 8 heteroatoms. The predicted molar refractivity (Wildman–Crippen MR) is 118 cm³/mol. The van der Waals surface area contributed by atoms with Gasteiger partial charge in [0, 0.05) is 10.9 Å². The van der Waals surface area contributed by atoms with Crippen LogP contribution < -0.4 is 16.1 Å². The molecule has 0 amide bonds. The summed E-state index contributed by atoms with van der Waals surface area (Å²) in [5.74, 6) is 0.818. The second-order valence-electron chi connectivity index (χ2n) is 6.07. The van der Waals surface area contributed by atoms with Crippen LogP contribution in [0.5, 0.6) is 0 Å². The van der Waals surface area contributed by atoms with E-state index in [1.807, 2.05) is 55.1 Å². The maximum absolute atomic E-state index is 5.25. The minimum atomic E-state index is 0.450. The highest BCUT2D eigenvalue weighted by atomic mass is 32.2. The van der Waals surface area contributed by atoms with Gasteiger partial charge in [0.05, 0.1) is 25.1 Å². The van der Waals surface area contributed by atoms with Crippen LogP contribution in [0.4, 0.5) is 5.69 Å². The van der Waals surface area contributed by atoms with Gasteiger partial charge in [-0.3, -0.25) is 10.4 Å². The molecule has 2 heterocycles. The van der Waals surface area contributed by atoms with Crippen LogP contribution in [0.2, 0.25) is 0 Å². The number of nitrogens with zero attached hydrogens (tertiary/aromatic N) is 2. The fourth-order valence-corrected chi connectivity index (χ4v) is 3.51.